The lowest BCUT2D eigenvalue weighted by Crippen LogP contribution is -2.24. The molecule has 0 saturated carbocycles. The van der Waals surface area contributed by atoms with Gasteiger partial charge in [0, 0.05) is 19.5 Å². The highest BCUT2D eigenvalue weighted by Crippen LogP contribution is 2.02. The van der Waals surface area contributed by atoms with E-state index in [0.717, 1.165) is 5.56 Å². The highest BCUT2D eigenvalue weighted by Gasteiger charge is 1.99. The van der Waals surface area contributed by atoms with Gasteiger partial charge in [0.15, 0.2) is 0 Å². The van der Waals surface area contributed by atoms with Gasteiger partial charge in [-0.05, 0) is 17.7 Å². The van der Waals surface area contributed by atoms with Crippen molar-refractivity contribution in [1.82, 2.24) is 5.32 Å². The van der Waals surface area contributed by atoms with Crippen LogP contribution in [0.2, 0.25) is 0 Å². The van der Waals surface area contributed by atoms with E-state index < -0.39 is 0 Å². The third-order valence-corrected chi connectivity index (χ3v) is 1.75. The Hall–Kier alpha value is -1.42. The summed E-state index contributed by atoms with van der Waals surface area (Å²) in [6.07, 6.45) is 0.301. The van der Waals surface area contributed by atoms with Gasteiger partial charge in [-0.2, -0.15) is 0 Å². The predicted molar refractivity (Wildman–Crippen MR) is 51.9 cm³/mol. The van der Waals surface area contributed by atoms with Crippen LogP contribution in [0.5, 0.6) is 0 Å². The molecular weight excluding hydrogens is 183 g/mol. The average molecular weight is 196 g/mol. The number of carbonyl (C=O) groups excluding carboxylic acids is 1. The Kier molecular flexibility index (Phi) is 4.07. The highest BCUT2D eigenvalue weighted by molar-refractivity contribution is 5.75. The molecule has 0 radical (unpaired) electrons. The molecule has 1 aromatic carbocycles. The standard InChI is InChI=1S/C10H13FN2O/c11-9-3-1-2-8(6-9)7-13-10(14)4-5-12/h1-3,6H,4-5,7,12H2,(H,13,14). The summed E-state index contributed by atoms with van der Waals surface area (Å²) >= 11 is 0. The Bertz CT molecular complexity index is 315. The number of carbonyl (C=O) groups is 1. The summed E-state index contributed by atoms with van der Waals surface area (Å²) in [4.78, 5) is 11.0. The zero-order chi connectivity index (χ0) is 10.4. The lowest BCUT2D eigenvalue weighted by molar-refractivity contribution is -0.121. The van der Waals surface area contributed by atoms with Crippen LogP contribution in [-0.4, -0.2) is 12.5 Å². The molecule has 0 bridgehead atoms. The quantitative estimate of drug-likeness (QED) is 0.748. The Morgan fingerprint density at radius 2 is 2.29 bits per heavy atom. The smallest absolute Gasteiger partial charge is 0.221 e. The van der Waals surface area contributed by atoms with Gasteiger partial charge >= 0.3 is 0 Å². The first-order chi connectivity index (χ1) is 6.72. The number of hydrogen-bond donors (Lipinski definition) is 2. The highest BCUT2D eigenvalue weighted by atomic mass is 19.1. The minimum Gasteiger partial charge on any atom is -0.352 e. The summed E-state index contributed by atoms with van der Waals surface area (Å²) in [6.45, 7) is 0.672. The topological polar surface area (TPSA) is 55.1 Å². The van der Waals surface area contributed by atoms with Gasteiger partial charge in [0.2, 0.25) is 5.91 Å². The summed E-state index contributed by atoms with van der Waals surface area (Å²) < 4.78 is 12.7. The molecule has 76 valence electrons. The van der Waals surface area contributed by atoms with Crippen LogP contribution < -0.4 is 11.1 Å². The lowest BCUT2D eigenvalue weighted by Gasteiger charge is -2.03. The molecule has 0 fully saturated rings. The van der Waals surface area contributed by atoms with Crippen molar-refractivity contribution in [1.29, 1.82) is 0 Å². The van der Waals surface area contributed by atoms with Gasteiger partial charge in [0.1, 0.15) is 5.82 Å². The molecule has 14 heavy (non-hydrogen) atoms. The van der Waals surface area contributed by atoms with E-state index in [1.807, 2.05) is 0 Å². The third kappa shape index (κ3) is 3.53. The van der Waals surface area contributed by atoms with Gasteiger partial charge in [-0.25, -0.2) is 4.39 Å². The molecule has 0 unspecified atom stereocenters. The fourth-order valence-electron chi connectivity index (χ4n) is 1.07. The molecule has 1 aromatic rings. The lowest BCUT2D eigenvalue weighted by atomic mass is 10.2. The molecule has 0 aromatic heterocycles. The van der Waals surface area contributed by atoms with E-state index >= 15 is 0 Å². The molecular formula is C10H13FN2O. The van der Waals surface area contributed by atoms with Gasteiger partial charge in [-0.3, -0.25) is 4.79 Å². The van der Waals surface area contributed by atoms with Crippen LogP contribution in [-0.2, 0) is 11.3 Å². The van der Waals surface area contributed by atoms with Crippen molar-refractivity contribution < 1.29 is 9.18 Å². The molecule has 1 rings (SSSR count). The molecule has 0 atom stereocenters. The predicted octanol–water partition coefficient (Wildman–Crippen LogP) is 0.791. The number of nitrogens with one attached hydrogen (secondary N) is 1. The third-order valence-electron chi connectivity index (χ3n) is 1.75. The number of rotatable bonds is 4. The van der Waals surface area contributed by atoms with Crippen molar-refractivity contribution in [2.45, 2.75) is 13.0 Å². The summed E-state index contributed by atoms with van der Waals surface area (Å²) in [5.74, 6) is -0.410. The van der Waals surface area contributed by atoms with Crippen molar-refractivity contribution in [3.63, 3.8) is 0 Å². The van der Waals surface area contributed by atoms with E-state index in [1.165, 1.54) is 12.1 Å². The van der Waals surface area contributed by atoms with Crippen LogP contribution in [0.4, 0.5) is 4.39 Å². The molecule has 1 amide bonds. The monoisotopic (exact) mass is 196 g/mol. The number of benzene rings is 1. The second kappa shape index (κ2) is 5.34. The first-order valence-corrected chi connectivity index (χ1v) is 4.43. The molecule has 0 aliphatic carbocycles. The number of nitrogens with two attached hydrogens (primary N) is 1. The van der Waals surface area contributed by atoms with Gasteiger partial charge in [-0.1, -0.05) is 12.1 Å². The second-order valence-electron chi connectivity index (χ2n) is 2.95. The maximum atomic E-state index is 12.7. The zero-order valence-electron chi connectivity index (χ0n) is 7.79. The molecule has 0 aliphatic heterocycles. The normalized spacial score (nSPS) is 9.86. The average Bonchev–Trinajstić information content (AvgIpc) is 2.15. The van der Waals surface area contributed by atoms with E-state index in [9.17, 15) is 9.18 Å². The molecule has 0 heterocycles. The summed E-state index contributed by atoms with van der Waals surface area (Å²) in [5, 5.41) is 2.64. The fraction of sp³-hybridized carbons (Fsp3) is 0.300. The van der Waals surface area contributed by atoms with E-state index in [2.05, 4.69) is 5.32 Å². The minimum absolute atomic E-state index is 0.114. The number of halogens is 1. The van der Waals surface area contributed by atoms with Crippen molar-refractivity contribution in [3.8, 4) is 0 Å². The van der Waals surface area contributed by atoms with Crippen LogP contribution in [0.25, 0.3) is 0 Å². The van der Waals surface area contributed by atoms with Gasteiger partial charge in [-0.15, -0.1) is 0 Å². The summed E-state index contributed by atoms with van der Waals surface area (Å²) in [6, 6.07) is 6.12. The molecule has 3 N–H and O–H groups in total. The molecule has 0 spiro atoms. The van der Waals surface area contributed by atoms with E-state index in [4.69, 9.17) is 5.73 Å². The van der Waals surface area contributed by atoms with Crippen LogP contribution in [0.15, 0.2) is 24.3 Å². The SMILES string of the molecule is NCCC(=O)NCc1cccc(F)c1. The van der Waals surface area contributed by atoms with E-state index in [0.29, 0.717) is 19.5 Å². The van der Waals surface area contributed by atoms with Crippen molar-refractivity contribution in [2.75, 3.05) is 6.54 Å². The molecule has 3 nitrogen and oxygen atoms in total. The zero-order valence-corrected chi connectivity index (χ0v) is 7.79. The van der Waals surface area contributed by atoms with Gasteiger partial charge in [0.05, 0.1) is 0 Å². The minimum atomic E-state index is -0.296. The fourth-order valence-corrected chi connectivity index (χ4v) is 1.07. The second-order valence-corrected chi connectivity index (χ2v) is 2.95. The maximum absolute atomic E-state index is 12.7. The van der Waals surface area contributed by atoms with Crippen LogP contribution in [0, 0.1) is 5.82 Å². The van der Waals surface area contributed by atoms with Crippen molar-refractivity contribution in [3.05, 3.63) is 35.6 Å². The van der Waals surface area contributed by atoms with Crippen LogP contribution >= 0.6 is 0 Å². The summed E-state index contributed by atoms with van der Waals surface area (Å²) in [5.41, 5.74) is 5.95. The maximum Gasteiger partial charge on any atom is 0.221 e. The first-order valence-electron chi connectivity index (χ1n) is 4.43. The molecule has 0 aliphatic rings. The Morgan fingerprint density at radius 3 is 2.93 bits per heavy atom. The van der Waals surface area contributed by atoms with Crippen molar-refractivity contribution in [2.24, 2.45) is 5.73 Å². The molecule has 0 saturated heterocycles. The van der Waals surface area contributed by atoms with Crippen LogP contribution in [0.3, 0.4) is 0 Å². The van der Waals surface area contributed by atoms with E-state index in [-0.39, 0.29) is 11.7 Å². The van der Waals surface area contributed by atoms with Crippen LogP contribution in [0.1, 0.15) is 12.0 Å². The number of amides is 1. The summed E-state index contributed by atoms with van der Waals surface area (Å²) in [7, 11) is 0. The number of hydrogen-bond acceptors (Lipinski definition) is 2. The van der Waals surface area contributed by atoms with Crippen molar-refractivity contribution >= 4 is 5.91 Å². The Morgan fingerprint density at radius 1 is 1.50 bits per heavy atom. The largest absolute Gasteiger partial charge is 0.352 e. The van der Waals surface area contributed by atoms with Gasteiger partial charge in [0.25, 0.3) is 0 Å². The van der Waals surface area contributed by atoms with E-state index in [1.54, 1.807) is 12.1 Å². The molecule has 4 heteroatoms. The Balaban J connectivity index is 2.41. The van der Waals surface area contributed by atoms with Gasteiger partial charge < -0.3 is 11.1 Å². The Labute approximate surface area is 82.1 Å². The first kappa shape index (κ1) is 10.7.